The predicted octanol–water partition coefficient (Wildman–Crippen LogP) is 2.82. The van der Waals surface area contributed by atoms with Crippen LogP contribution in [0.25, 0.3) is 0 Å². The van der Waals surface area contributed by atoms with Gasteiger partial charge in [-0.2, -0.15) is 0 Å². The Hall–Kier alpha value is -0.930. The number of hydrogen-bond donors (Lipinski definition) is 2. The van der Waals surface area contributed by atoms with Gasteiger partial charge in [-0.3, -0.25) is 0 Å². The van der Waals surface area contributed by atoms with Gasteiger partial charge in [0.1, 0.15) is 5.82 Å². The molecule has 104 valence electrons. The minimum absolute atomic E-state index is 0.134. The third kappa shape index (κ3) is 2.82. The van der Waals surface area contributed by atoms with Crippen molar-refractivity contribution in [2.24, 2.45) is 5.92 Å². The van der Waals surface area contributed by atoms with Crippen molar-refractivity contribution in [3.8, 4) is 0 Å². The zero-order chi connectivity index (χ0) is 13.2. The second kappa shape index (κ2) is 5.59. The summed E-state index contributed by atoms with van der Waals surface area (Å²) in [6, 6.07) is 8.02. The van der Waals surface area contributed by atoms with Gasteiger partial charge in [0.15, 0.2) is 0 Å². The van der Waals surface area contributed by atoms with Crippen LogP contribution in [0.4, 0.5) is 4.39 Å². The van der Waals surface area contributed by atoms with Crippen LogP contribution < -0.4 is 5.32 Å². The van der Waals surface area contributed by atoms with E-state index in [-0.39, 0.29) is 5.82 Å². The summed E-state index contributed by atoms with van der Waals surface area (Å²) in [6.07, 6.45) is 5.75. The molecule has 3 heteroatoms. The molecule has 2 N–H and O–H groups in total. The maximum atomic E-state index is 13.2. The van der Waals surface area contributed by atoms with Crippen molar-refractivity contribution in [3.63, 3.8) is 0 Å². The average Bonchev–Trinajstić information content (AvgIpc) is 2.80. The molecule has 0 amide bonds. The molecule has 0 saturated heterocycles. The van der Waals surface area contributed by atoms with E-state index in [2.05, 4.69) is 5.32 Å². The Bertz CT molecular complexity index is 431. The van der Waals surface area contributed by atoms with Crippen molar-refractivity contribution < 1.29 is 9.50 Å². The van der Waals surface area contributed by atoms with E-state index in [0.717, 1.165) is 24.8 Å². The van der Waals surface area contributed by atoms with Crippen LogP contribution in [0.5, 0.6) is 0 Å². The van der Waals surface area contributed by atoms with E-state index < -0.39 is 0 Å². The molecule has 0 heterocycles. The fraction of sp³-hybridized carbons (Fsp3) is 0.625. The zero-order valence-electron chi connectivity index (χ0n) is 11.2. The van der Waals surface area contributed by atoms with Gasteiger partial charge in [0, 0.05) is 18.7 Å². The number of rotatable bonds is 4. The molecule has 2 nitrogen and oxygen atoms in total. The largest absolute Gasteiger partial charge is 0.396 e. The van der Waals surface area contributed by atoms with E-state index in [1.54, 1.807) is 12.1 Å². The van der Waals surface area contributed by atoms with Gasteiger partial charge in [-0.15, -0.1) is 0 Å². The minimum Gasteiger partial charge on any atom is -0.396 e. The van der Waals surface area contributed by atoms with Gasteiger partial charge in [-0.05, 0) is 55.2 Å². The first-order valence-corrected chi connectivity index (χ1v) is 7.38. The summed E-state index contributed by atoms with van der Waals surface area (Å²) in [7, 11) is 0. The van der Waals surface area contributed by atoms with Crippen LogP contribution in [0, 0.1) is 11.7 Å². The Morgan fingerprint density at radius 2 is 2.11 bits per heavy atom. The smallest absolute Gasteiger partial charge is 0.123 e. The lowest BCUT2D eigenvalue weighted by Gasteiger charge is -2.39. The van der Waals surface area contributed by atoms with Crippen LogP contribution in [0.3, 0.4) is 0 Å². The Labute approximate surface area is 114 Å². The summed E-state index contributed by atoms with van der Waals surface area (Å²) >= 11 is 0. The molecule has 0 aliphatic heterocycles. The molecule has 2 aliphatic carbocycles. The second-order valence-electron chi connectivity index (χ2n) is 6.07. The summed E-state index contributed by atoms with van der Waals surface area (Å²) in [4.78, 5) is 0. The van der Waals surface area contributed by atoms with E-state index in [1.807, 2.05) is 6.07 Å². The standard InChI is InChI=1S/C16H22FNO/c17-14-5-1-3-11(7-14)13-8-15(9-13)18-16-6-2-4-12(16)10-19/h1,3,5,7,12-13,15-16,18-19H,2,4,6,8-10H2. The Balaban J connectivity index is 1.50. The molecule has 2 fully saturated rings. The minimum atomic E-state index is -0.134. The number of hydrogen-bond acceptors (Lipinski definition) is 2. The number of aliphatic hydroxyl groups is 1. The number of halogens is 1. The maximum absolute atomic E-state index is 13.2. The third-order valence-electron chi connectivity index (χ3n) is 4.80. The van der Waals surface area contributed by atoms with E-state index in [0.29, 0.717) is 30.5 Å². The Kier molecular flexibility index (Phi) is 3.85. The number of nitrogens with one attached hydrogen (secondary N) is 1. The molecule has 0 spiro atoms. The van der Waals surface area contributed by atoms with Gasteiger partial charge >= 0.3 is 0 Å². The highest BCUT2D eigenvalue weighted by Gasteiger charge is 2.35. The molecule has 2 saturated carbocycles. The van der Waals surface area contributed by atoms with Gasteiger partial charge in [0.05, 0.1) is 0 Å². The van der Waals surface area contributed by atoms with Gasteiger partial charge in [0.2, 0.25) is 0 Å². The number of aliphatic hydroxyl groups excluding tert-OH is 1. The first kappa shape index (κ1) is 13.1. The van der Waals surface area contributed by atoms with Crippen LogP contribution in [0.1, 0.15) is 43.6 Å². The SMILES string of the molecule is OCC1CCCC1NC1CC(c2cccc(F)c2)C1. The molecule has 19 heavy (non-hydrogen) atoms. The average molecular weight is 263 g/mol. The topological polar surface area (TPSA) is 32.3 Å². The summed E-state index contributed by atoms with van der Waals surface area (Å²) < 4.78 is 13.2. The fourth-order valence-corrected chi connectivity index (χ4v) is 3.56. The Morgan fingerprint density at radius 3 is 2.84 bits per heavy atom. The lowest BCUT2D eigenvalue weighted by atomic mass is 9.75. The van der Waals surface area contributed by atoms with Crippen molar-refractivity contribution in [1.82, 2.24) is 5.32 Å². The second-order valence-corrected chi connectivity index (χ2v) is 6.07. The maximum Gasteiger partial charge on any atom is 0.123 e. The molecule has 0 aromatic heterocycles. The highest BCUT2D eigenvalue weighted by molar-refractivity contribution is 5.23. The zero-order valence-corrected chi connectivity index (χ0v) is 11.2. The monoisotopic (exact) mass is 263 g/mol. The quantitative estimate of drug-likeness (QED) is 0.875. The van der Waals surface area contributed by atoms with E-state index in [1.165, 1.54) is 18.9 Å². The van der Waals surface area contributed by atoms with E-state index in [9.17, 15) is 9.50 Å². The van der Waals surface area contributed by atoms with Crippen molar-refractivity contribution in [2.75, 3.05) is 6.61 Å². The molecular weight excluding hydrogens is 241 g/mol. The van der Waals surface area contributed by atoms with Crippen LogP contribution >= 0.6 is 0 Å². The van der Waals surface area contributed by atoms with Crippen molar-refractivity contribution in [1.29, 1.82) is 0 Å². The van der Waals surface area contributed by atoms with Crippen molar-refractivity contribution in [2.45, 2.75) is 50.1 Å². The van der Waals surface area contributed by atoms with E-state index in [4.69, 9.17) is 0 Å². The first-order chi connectivity index (χ1) is 9.26. The lowest BCUT2D eigenvalue weighted by Crippen LogP contribution is -2.47. The molecule has 2 unspecified atom stereocenters. The van der Waals surface area contributed by atoms with Crippen LogP contribution in [0.15, 0.2) is 24.3 Å². The van der Waals surface area contributed by atoms with Gasteiger partial charge in [-0.25, -0.2) is 4.39 Å². The molecule has 2 atom stereocenters. The molecule has 1 aromatic carbocycles. The van der Waals surface area contributed by atoms with E-state index >= 15 is 0 Å². The summed E-state index contributed by atoms with van der Waals surface area (Å²) in [5, 5.41) is 13.0. The number of benzene rings is 1. The molecule has 1 aromatic rings. The summed E-state index contributed by atoms with van der Waals surface area (Å²) in [5.41, 5.74) is 1.13. The molecular formula is C16H22FNO. The highest BCUT2D eigenvalue weighted by Crippen LogP contribution is 2.38. The highest BCUT2D eigenvalue weighted by atomic mass is 19.1. The Morgan fingerprint density at radius 1 is 1.26 bits per heavy atom. The molecule has 0 bridgehead atoms. The lowest BCUT2D eigenvalue weighted by molar-refractivity contribution is 0.179. The van der Waals surface area contributed by atoms with Crippen molar-refractivity contribution in [3.05, 3.63) is 35.6 Å². The summed E-state index contributed by atoms with van der Waals surface area (Å²) in [5.74, 6) is 0.806. The molecule has 2 aliphatic rings. The first-order valence-electron chi connectivity index (χ1n) is 7.38. The van der Waals surface area contributed by atoms with Crippen LogP contribution in [-0.2, 0) is 0 Å². The van der Waals surface area contributed by atoms with Crippen LogP contribution in [0.2, 0.25) is 0 Å². The van der Waals surface area contributed by atoms with Crippen molar-refractivity contribution >= 4 is 0 Å². The van der Waals surface area contributed by atoms with Crippen LogP contribution in [-0.4, -0.2) is 23.8 Å². The van der Waals surface area contributed by atoms with Gasteiger partial charge < -0.3 is 10.4 Å². The normalized spacial score (nSPS) is 34.2. The molecule has 3 rings (SSSR count). The molecule has 0 radical (unpaired) electrons. The van der Waals surface area contributed by atoms with Gasteiger partial charge in [-0.1, -0.05) is 18.6 Å². The third-order valence-corrected chi connectivity index (χ3v) is 4.80. The summed E-state index contributed by atoms with van der Waals surface area (Å²) in [6.45, 7) is 0.303. The fourth-order valence-electron chi connectivity index (χ4n) is 3.56. The predicted molar refractivity (Wildman–Crippen MR) is 73.5 cm³/mol. The van der Waals surface area contributed by atoms with Gasteiger partial charge in [0.25, 0.3) is 0 Å².